The molecule has 0 bridgehead atoms. The number of hydrogen-bond donors (Lipinski definition) is 0. The zero-order valence-electron chi connectivity index (χ0n) is 9.49. The largest absolute Gasteiger partial charge is 0.347 e. The van der Waals surface area contributed by atoms with E-state index >= 15 is 0 Å². The maximum Gasteiger partial charge on any atom is 0.241 e. The van der Waals surface area contributed by atoms with Crippen LogP contribution in [0.1, 0.15) is 19.8 Å². The smallest absolute Gasteiger partial charge is 0.241 e. The van der Waals surface area contributed by atoms with Crippen molar-refractivity contribution in [1.82, 2.24) is 9.80 Å². The van der Waals surface area contributed by atoms with Crippen LogP contribution in [-0.2, 0) is 9.59 Å². The Labute approximate surface area is 90.3 Å². The molecule has 0 rings (SSSR count). The maximum absolute atomic E-state index is 11.4. The second-order valence-electron chi connectivity index (χ2n) is 3.44. The van der Waals surface area contributed by atoms with Crippen LogP contribution in [0.5, 0.6) is 0 Å². The number of nitrogens with zero attached hydrogens (tertiary/aromatic N) is 3. The van der Waals surface area contributed by atoms with E-state index in [2.05, 4.69) is 0 Å². The molecule has 0 saturated heterocycles. The van der Waals surface area contributed by atoms with Crippen molar-refractivity contribution in [2.24, 2.45) is 0 Å². The molecule has 5 nitrogen and oxygen atoms in total. The standard InChI is InChI=1S/C10H17N3O2/c1-4-7-13(9(14)5-6-11)8-10(15)12(2)3/h4-5,7-8H2,1-3H3. The molecule has 0 saturated carbocycles. The Morgan fingerprint density at radius 1 is 1.27 bits per heavy atom. The van der Waals surface area contributed by atoms with Gasteiger partial charge in [-0.05, 0) is 6.42 Å². The minimum Gasteiger partial charge on any atom is -0.347 e. The average Bonchev–Trinajstić information content (AvgIpc) is 2.17. The van der Waals surface area contributed by atoms with Crippen LogP contribution in [0.4, 0.5) is 0 Å². The lowest BCUT2D eigenvalue weighted by Crippen LogP contribution is -2.40. The molecule has 0 unspecified atom stereocenters. The number of carbonyl (C=O) groups is 2. The van der Waals surface area contributed by atoms with Gasteiger partial charge in [0.2, 0.25) is 11.8 Å². The molecule has 0 aliphatic heterocycles. The topological polar surface area (TPSA) is 64.4 Å². The average molecular weight is 211 g/mol. The zero-order valence-corrected chi connectivity index (χ0v) is 9.49. The normalized spacial score (nSPS) is 9.20. The molecule has 5 heteroatoms. The molecule has 0 aromatic carbocycles. The van der Waals surface area contributed by atoms with Crippen molar-refractivity contribution in [2.45, 2.75) is 19.8 Å². The van der Waals surface area contributed by atoms with E-state index in [1.54, 1.807) is 20.2 Å². The lowest BCUT2D eigenvalue weighted by Gasteiger charge is -2.22. The molecule has 0 aliphatic rings. The lowest BCUT2D eigenvalue weighted by molar-refractivity contribution is -0.138. The minimum atomic E-state index is -0.283. The molecule has 0 aromatic rings. The monoisotopic (exact) mass is 211 g/mol. The molecule has 0 spiro atoms. The van der Waals surface area contributed by atoms with Crippen LogP contribution in [0.3, 0.4) is 0 Å². The first-order valence-corrected chi connectivity index (χ1v) is 4.87. The summed E-state index contributed by atoms with van der Waals surface area (Å²) in [4.78, 5) is 25.7. The Morgan fingerprint density at radius 2 is 1.87 bits per heavy atom. The number of carbonyl (C=O) groups excluding carboxylic acids is 2. The van der Waals surface area contributed by atoms with Gasteiger partial charge >= 0.3 is 0 Å². The van der Waals surface area contributed by atoms with Crippen LogP contribution in [0, 0.1) is 11.3 Å². The van der Waals surface area contributed by atoms with Gasteiger partial charge in [-0.15, -0.1) is 0 Å². The van der Waals surface area contributed by atoms with Gasteiger partial charge in [-0.1, -0.05) is 6.92 Å². The van der Waals surface area contributed by atoms with E-state index in [-0.39, 0.29) is 24.8 Å². The highest BCUT2D eigenvalue weighted by molar-refractivity contribution is 5.85. The molecular weight excluding hydrogens is 194 g/mol. The summed E-state index contributed by atoms with van der Waals surface area (Å²) in [7, 11) is 3.28. The molecule has 0 fully saturated rings. The molecule has 2 amide bonds. The van der Waals surface area contributed by atoms with Crippen molar-refractivity contribution >= 4 is 11.8 Å². The van der Waals surface area contributed by atoms with E-state index < -0.39 is 0 Å². The van der Waals surface area contributed by atoms with Crippen LogP contribution in [0.2, 0.25) is 0 Å². The molecule has 0 aromatic heterocycles. The minimum absolute atomic E-state index is 0.0569. The fraction of sp³-hybridized carbons (Fsp3) is 0.700. The van der Waals surface area contributed by atoms with Gasteiger partial charge in [0.1, 0.15) is 6.42 Å². The summed E-state index contributed by atoms with van der Waals surface area (Å²) in [5, 5.41) is 8.40. The fourth-order valence-electron chi connectivity index (χ4n) is 1.05. The molecule has 0 atom stereocenters. The number of hydrogen-bond acceptors (Lipinski definition) is 3. The van der Waals surface area contributed by atoms with Gasteiger partial charge in [0.25, 0.3) is 0 Å². The molecule has 0 N–H and O–H groups in total. The maximum atomic E-state index is 11.4. The van der Waals surface area contributed by atoms with E-state index in [9.17, 15) is 9.59 Å². The van der Waals surface area contributed by atoms with Crippen molar-refractivity contribution in [2.75, 3.05) is 27.2 Å². The number of likely N-dealkylation sites (N-methyl/N-ethyl adjacent to an activating group) is 1. The summed E-state index contributed by atoms with van der Waals surface area (Å²) >= 11 is 0. The second kappa shape index (κ2) is 6.82. The summed E-state index contributed by atoms with van der Waals surface area (Å²) in [6.07, 6.45) is 0.610. The zero-order chi connectivity index (χ0) is 11.8. The van der Waals surface area contributed by atoms with Crippen LogP contribution < -0.4 is 0 Å². The van der Waals surface area contributed by atoms with Gasteiger partial charge in [0, 0.05) is 20.6 Å². The van der Waals surface area contributed by atoms with Gasteiger partial charge in [-0.3, -0.25) is 9.59 Å². The summed E-state index contributed by atoms with van der Waals surface area (Å²) < 4.78 is 0. The Kier molecular flexibility index (Phi) is 6.11. The summed E-state index contributed by atoms with van der Waals surface area (Å²) in [5.74, 6) is -0.413. The Bertz CT molecular complexity index is 268. The van der Waals surface area contributed by atoms with Crippen molar-refractivity contribution < 1.29 is 9.59 Å². The van der Waals surface area contributed by atoms with Crippen molar-refractivity contribution in [3.8, 4) is 6.07 Å². The quantitative estimate of drug-likeness (QED) is 0.653. The molecular formula is C10H17N3O2. The first kappa shape index (κ1) is 13.4. The lowest BCUT2D eigenvalue weighted by atomic mass is 10.3. The van der Waals surface area contributed by atoms with Gasteiger partial charge in [-0.25, -0.2) is 0 Å². The first-order chi connectivity index (χ1) is 7.02. The molecule has 0 heterocycles. The third-order valence-electron chi connectivity index (χ3n) is 1.90. The molecule has 15 heavy (non-hydrogen) atoms. The van der Waals surface area contributed by atoms with Crippen LogP contribution in [-0.4, -0.2) is 48.8 Å². The fourth-order valence-corrected chi connectivity index (χ4v) is 1.05. The van der Waals surface area contributed by atoms with Gasteiger partial charge < -0.3 is 9.80 Å². The molecule has 0 aliphatic carbocycles. The van der Waals surface area contributed by atoms with E-state index in [4.69, 9.17) is 5.26 Å². The first-order valence-electron chi connectivity index (χ1n) is 4.87. The van der Waals surface area contributed by atoms with Crippen molar-refractivity contribution in [3.05, 3.63) is 0 Å². The van der Waals surface area contributed by atoms with Crippen LogP contribution >= 0.6 is 0 Å². The summed E-state index contributed by atoms with van der Waals surface area (Å²) in [6.45, 7) is 2.49. The molecule has 84 valence electrons. The third kappa shape index (κ3) is 5.01. The number of amides is 2. The Balaban J connectivity index is 4.34. The van der Waals surface area contributed by atoms with E-state index in [0.29, 0.717) is 6.54 Å². The van der Waals surface area contributed by atoms with Crippen molar-refractivity contribution in [1.29, 1.82) is 5.26 Å². The third-order valence-corrected chi connectivity index (χ3v) is 1.90. The Hall–Kier alpha value is -1.57. The van der Waals surface area contributed by atoms with Gasteiger partial charge in [0.15, 0.2) is 0 Å². The van der Waals surface area contributed by atoms with Gasteiger partial charge in [-0.2, -0.15) is 5.26 Å². The summed E-state index contributed by atoms with van der Waals surface area (Å²) in [5.41, 5.74) is 0. The number of rotatable bonds is 5. The van der Waals surface area contributed by atoms with E-state index in [1.807, 2.05) is 6.92 Å². The predicted molar refractivity (Wildman–Crippen MR) is 55.8 cm³/mol. The second-order valence-corrected chi connectivity index (χ2v) is 3.44. The van der Waals surface area contributed by atoms with Gasteiger partial charge in [0.05, 0.1) is 12.6 Å². The highest BCUT2D eigenvalue weighted by Gasteiger charge is 2.16. The highest BCUT2D eigenvalue weighted by Crippen LogP contribution is 1.97. The van der Waals surface area contributed by atoms with Crippen LogP contribution in [0.25, 0.3) is 0 Å². The summed E-state index contributed by atoms with van der Waals surface area (Å²) in [6, 6.07) is 1.79. The molecule has 0 radical (unpaired) electrons. The predicted octanol–water partition coefficient (Wildman–Crippen LogP) is 0.227. The number of nitriles is 1. The van der Waals surface area contributed by atoms with E-state index in [0.717, 1.165) is 6.42 Å². The van der Waals surface area contributed by atoms with Crippen molar-refractivity contribution in [3.63, 3.8) is 0 Å². The van der Waals surface area contributed by atoms with E-state index in [1.165, 1.54) is 9.80 Å². The Morgan fingerprint density at radius 3 is 2.27 bits per heavy atom. The van der Waals surface area contributed by atoms with Crippen LogP contribution in [0.15, 0.2) is 0 Å². The SMILES string of the molecule is CCCN(CC(=O)N(C)C)C(=O)CC#N. The highest BCUT2D eigenvalue weighted by atomic mass is 16.2.